The maximum absolute atomic E-state index is 13.6. The van der Waals surface area contributed by atoms with Crippen LogP contribution in [0.5, 0.6) is 17.2 Å². The molecule has 0 N–H and O–H groups in total. The first-order valence-electron chi connectivity index (χ1n) is 10.9. The maximum Gasteiger partial charge on any atom is 0.418 e. The van der Waals surface area contributed by atoms with Gasteiger partial charge in [0.2, 0.25) is 5.75 Å². The fourth-order valence-electron chi connectivity index (χ4n) is 3.63. The van der Waals surface area contributed by atoms with Gasteiger partial charge in [-0.2, -0.15) is 13.2 Å². The van der Waals surface area contributed by atoms with E-state index in [1.165, 1.54) is 38.4 Å². The number of rotatable bonds is 8. The Hall–Kier alpha value is -4.12. The molecule has 11 heteroatoms. The van der Waals surface area contributed by atoms with Crippen molar-refractivity contribution in [2.24, 2.45) is 0 Å². The number of aromatic nitrogens is 2. The number of thiazole rings is 1. The number of nitrogens with zero attached hydrogens (tertiary/aromatic N) is 3. The van der Waals surface area contributed by atoms with Gasteiger partial charge in [-0.1, -0.05) is 23.5 Å². The van der Waals surface area contributed by atoms with Crippen LogP contribution in [-0.4, -0.2) is 37.2 Å². The van der Waals surface area contributed by atoms with Crippen molar-refractivity contribution in [1.82, 2.24) is 9.97 Å². The fraction of sp³-hybridized carbons (Fsp3) is 0.192. The molecule has 37 heavy (non-hydrogen) atoms. The average Bonchev–Trinajstić information content (AvgIpc) is 3.33. The van der Waals surface area contributed by atoms with E-state index in [4.69, 9.17) is 14.2 Å². The Morgan fingerprint density at radius 1 is 1.03 bits per heavy atom. The molecule has 4 aromatic rings. The summed E-state index contributed by atoms with van der Waals surface area (Å²) >= 11 is 0.998. The molecule has 2 aromatic carbocycles. The van der Waals surface area contributed by atoms with Gasteiger partial charge >= 0.3 is 6.18 Å². The predicted molar refractivity (Wildman–Crippen MR) is 135 cm³/mol. The summed E-state index contributed by atoms with van der Waals surface area (Å²) in [5.41, 5.74) is 0.0739. The standard InChI is InChI=1S/C26H22F3N3O4S/c1-34-19-13-16(14-20(35-2)24(19)36-3)10-11-22(33)32(15-17-7-4-5-12-30-17)25-31-23-18(26(27,28)29)8-6-9-21(23)37-25/h4-14H,15H2,1-3H3/b11-10+. The quantitative estimate of drug-likeness (QED) is 0.262. The minimum absolute atomic E-state index is 0.0143. The molecule has 0 unspecified atom stereocenters. The van der Waals surface area contributed by atoms with E-state index in [-0.39, 0.29) is 17.2 Å². The fourth-order valence-corrected chi connectivity index (χ4v) is 4.63. The molecule has 192 valence electrons. The largest absolute Gasteiger partial charge is 0.493 e. The number of carbonyl (C=O) groups excluding carboxylic acids is 1. The molecule has 0 fully saturated rings. The Balaban J connectivity index is 1.73. The van der Waals surface area contributed by atoms with E-state index in [1.54, 1.807) is 48.7 Å². The Labute approximate surface area is 214 Å². The van der Waals surface area contributed by atoms with Crippen molar-refractivity contribution in [3.05, 3.63) is 77.6 Å². The van der Waals surface area contributed by atoms with E-state index in [9.17, 15) is 18.0 Å². The lowest BCUT2D eigenvalue weighted by Gasteiger charge is -2.18. The van der Waals surface area contributed by atoms with Crippen molar-refractivity contribution >= 4 is 38.7 Å². The number of methoxy groups -OCH3 is 3. The van der Waals surface area contributed by atoms with Gasteiger partial charge in [-0.25, -0.2) is 4.98 Å². The number of ether oxygens (including phenoxy) is 3. The molecule has 1 amide bonds. The number of alkyl halides is 3. The van der Waals surface area contributed by atoms with Gasteiger partial charge in [-0.05, 0) is 48.0 Å². The molecule has 0 saturated carbocycles. The van der Waals surface area contributed by atoms with Crippen LogP contribution in [0, 0.1) is 0 Å². The number of carbonyl (C=O) groups is 1. The van der Waals surface area contributed by atoms with Crippen molar-refractivity contribution in [2.45, 2.75) is 12.7 Å². The molecule has 4 rings (SSSR count). The van der Waals surface area contributed by atoms with Crippen LogP contribution in [0.2, 0.25) is 0 Å². The van der Waals surface area contributed by atoms with Gasteiger partial charge in [0.15, 0.2) is 16.6 Å². The summed E-state index contributed by atoms with van der Waals surface area (Å²) in [4.78, 5) is 23.1. The lowest BCUT2D eigenvalue weighted by Crippen LogP contribution is -2.29. The smallest absolute Gasteiger partial charge is 0.418 e. The molecule has 0 aliphatic heterocycles. The monoisotopic (exact) mass is 529 g/mol. The third-order valence-corrected chi connectivity index (χ3v) is 6.41. The molecule has 2 heterocycles. The van der Waals surface area contributed by atoms with Crippen LogP contribution in [0.25, 0.3) is 16.3 Å². The summed E-state index contributed by atoms with van der Waals surface area (Å²) in [6, 6.07) is 12.4. The lowest BCUT2D eigenvalue weighted by atomic mass is 10.1. The van der Waals surface area contributed by atoms with Gasteiger partial charge in [0.25, 0.3) is 5.91 Å². The van der Waals surface area contributed by atoms with Crippen LogP contribution in [0.3, 0.4) is 0 Å². The van der Waals surface area contributed by atoms with Crippen LogP contribution >= 0.6 is 11.3 Å². The normalized spacial score (nSPS) is 11.6. The summed E-state index contributed by atoms with van der Waals surface area (Å²) in [5.74, 6) is 0.725. The number of pyridine rings is 1. The summed E-state index contributed by atoms with van der Waals surface area (Å²) in [6.07, 6.45) is -0.149. The van der Waals surface area contributed by atoms with E-state index in [0.29, 0.717) is 33.2 Å². The third-order valence-electron chi connectivity index (χ3n) is 5.36. The van der Waals surface area contributed by atoms with Crippen LogP contribution in [-0.2, 0) is 17.5 Å². The Morgan fingerprint density at radius 3 is 2.35 bits per heavy atom. The van der Waals surface area contributed by atoms with E-state index >= 15 is 0 Å². The number of amides is 1. The first-order valence-corrected chi connectivity index (χ1v) is 11.7. The van der Waals surface area contributed by atoms with Crippen LogP contribution in [0.1, 0.15) is 16.8 Å². The molecular weight excluding hydrogens is 507 g/mol. The summed E-state index contributed by atoms with van der Waals surface area (Å²) in [5, 5.41) is 0.122. The molecule has 0 spiro atoms. The third kappa shape index (κ3) is 5.67. The van der Waals surface area contributed by atoms with E-state index in [0.717, 1.165) is 17.4 Å². The number of halogens is 3. The van der Waals surface area contributed by atoms with Gasteiger partial charge in [0.1, 0.15) is 0 Å². The van der Waals surface area contributed by atoms with Gasteiger partial charge in [-0.15, -0.1) is 0 Å². The van der Waals surface area contributed by atoms with Crippen LogP contribution < -0.4 is 19.1 Å². The minimum Gasteiger partial charge on any atom is -0.493 e. The summed E-state index contributed by atoms with van der Waals surface area (Å²) in [6.45, 7) is 0.0143. The molecule has 0 aliphatic rings. The average molecular weight is 530 g/mol. The van der Waals surface area contributed by atoms with Crippen LogP contribution in [0.15, 0.2) is 60.8 Å². The molecule has 2 aromatic heterocycles. The van der Waals surface area contributed by atoms with E-state index in [2.05, 4.69) is 9.97 Å². The minimum atomic E-state index is -4.58. The highest BCUT2D eigenvalue weighted by Crippen LogP contribution is 2.40. The highest BCUT2D eigenvalue weighted by molar-refractivity contribution is 7.22. The highest BCUT2D eigenvalue weighted by atomic mass is 32.1. The second-order valence-corrected chi connectivity index (χ2v) is 8.69. The van der Waals surface area contributed by atoms with Crippen molar-refractivity contribution in [3.8, 4) is 17.2 Å². The zero-order valence-electron chi connectivity index (χ0n) is 20.1. The van der Waals surface area contributed by atoms with E-state index in [1.807, 2.05) is 0 Å². The molecule has 7 nitrogen and oxygen atoms in total. The summed E-state index contributed by atoms with van der Waals surface area (Å²) in [7, 11) is 4.44. The number of benzene rings is 2. The molecule has 0 bridgehead atoms. The molecule has 0 radical (unpaired) electrons. The molecular formula is C26H22F3N3O4S. The van der Waals surface area contributed by atoms with Crippen molar-refractivity contribution < 1.29 is 32.2 Å². The Kier molecular flexibility index (Phi) is 7.63. The topological polar surface area (TPSA) is 73.8 Å². The molecule has 0 aliphatic carbocycles. The number of para-hydroxylation sites is 1. The zero-order chi connectivity index (χ0) is 26.6. The Bertz CT molecular complexity index is 1410. The highest BCUT2D eigenvalue weighted by Gasteiger charge is 2.34. The second-order valence-electron chi connectivity index (χ2n) is 7.68. The SMILES string of the molecule is COc1cc(/C=C/C(=O)N(Cc2ccccn2)c2nc3c(C(F)(F)F)cccc3s2)cc(OC)c1OC. The van der Waals surface area contributed by atoms with E-state index < -0.39 is 17.6 Å². The van der Waals surface area contributed by atoms with Gasteiger partial charge in [0, 0.05) is 12.3 Å². The van der Waals surface area contributed by atoms with Gasteiger partial charge < -0.3 is 14.2 Å². The zero-order valence-corrected chi connectivity index (χ0v) is 20.9. The molecule has 0 saturated heterocycles. The number of fused-ring (bicyclic) bond motifs is 1. The number of hydrogen-bond donors (Lipinski definition) is 0. The maximum atomic E-state index is 13.6. The number of hydrogen-bond acceptors (Lipinski definition) is 7. The first kappa shape index (κ1) is 26.0. The van der Waals surface area contributed by atoms with Gasteiger partial charge in [-0.3, -0.25) is 14.7 Å². The van der Waals surface area contributed by atoms with Crippen molar-refractivity contribution in [1.29, 1.82) is 0 Å². The van der Waals surface area contributed by atoms with Crippen LogP contribution in [0.4, 0.5) is 18.3 Å². The molecule has 0 atom stereocenters. The van der Waals surface area contributed by atoms with Crippen molar-refractivity contribution in [2.75, 3.05) is 26.2 Å². The second kappa shape index (κ2) is 10.9. The van der Waals surface area contributed by atoms with Gasteiger partial charge in [0.05, 0.1) is 49.3 Å². The Morgan fingerprint density at radius 2 is 1.76 bits per heavy atom. The summed E-state index contributed by atoms with van der Waals surface area (Å²) < 4.78 is 57.0. The van der Waals surface area contributed by atoms with Crippen molar-refractivity contribution in [3.63, 3.8) is 0 Å². The number of anilines is 1. The first-order chi connectivity index (χ1) is 17.7. The predicted octanol–water partition coefficient (Wildman–Crippen LogP) is 5.98. The lowest BCUT2D eigenvalue weighted by molar-refractivity contribution is -0.136.